The fourth-order valence-corrected chi connectivity index (χ4v) is 4.28. The van der Waals surface area contributed by atoms with Gasteiger partial charge < -0.3 is 14.2 Å². The number of methoxy groups -OCH3 is 1. The molecule has 1 saturated heterocycles. The highest BCUT2D eigenvalue weighted by molar-refractivity contribution is 9.10. The molecule has 2 aromatic rings. The Morgan fingerprint density at radius 1 is 1.19 bits per heavy atom. The maximum atomic E-state index is 12.6. The minimum atomic E-state index is -0.631. The van der Waals surface area contributed by atoms with Crippen molar-refractivity contribution in [1.82, 2.24) is 4.90 Å². The van der Waals surface area contributed by atoms with Gasteiger partial charge >= 0.3 is 5.97 Å². The van der Waals surface area contributed by atoms with Gasteiger partial charge in [-0.1, -0.05) is 45.8 Å². The van der Waals surface area contributed by atoms with Crippen molar-refractivity contribution in [3.8, 4) is 11.5 Å². The predicted octanol–water partition coefficient (Wildman–Crippen LogP) is 4.94. The van der Waals surface area contributed by atoms with Gasteiger partial charge in [0.1, 0.15) is 13.2 Å². The zero-order valence-corrected chi connectivity index (χ0v) is 20.2. The van der Waals surface area contributed by atoms with Crippen LogP contribution >= 0.6 is 27.7 Å². The largest absolute Gasteiger partial charge is 0.493 e. The zero-order valence-electron chi connectivity index (χ0n) is 17.8. The standard InChI is InChI=1S/C23H22BrNO6S/c1-4-30-21(26)12-25-22(27)20(32-23(25)28)10-16-9-18(29-3)19(11-17(16)24)31-13-15-7-5-6-14(2)8-15/h5-11H,4,12-13H2,1-3H3/b20-10+. The molecule has 0 spiro atoms. The number of hydrogen-bond donors (Lipinski definition) is 0. The number of esters is 1. The van der Waals surface area contributed by atoms with Crippen LogP contribution in [0.15, 0.2) is 45.8 Å². The van der Waals surface area contributed by atoms with Crippen LogP contribution in [0, 0.1) is 6.92 Å². The molecule has 0 atom stereocenters. The van der Waals surface area contributed by atoms with Gasteiger partial charge in [0.2, 0.25) is 0 Å². The van der Waals surface area contributed by atoms with E-state index in [0.717, 1.165) is 27.8 Å². The summed E-state index contributed by atoms with van der Waals surface area (Å²) < 4.78 is 16.9. The van der Waals surface area contributed by atoms with Crippen LogP contribution in [-0.4, -0.2) is 42.3 Å². The molecule has 1 aliphatic heterocycles. The molecule has 32 heavy (non-hydrogen) atoms. The Morgan fingerprint density at radius 3 is 2.66 bits per heavy atom. The zero-order chi connectivity index (χ0) is 23.3. The minimum Gasteiger partial charge on any atom is -0.493 e. The Kier molecular flexibility index (Phi) is 7.98. The number of ether oxygens (including phenoxy) is 3. The summed E-state index contributed by atoms with van der Waals surface area (Å²) in [6.07, 6.45) is 1.58. The van der Waals surface area contributed by atoms with Crippen molar-refractivity contribution in [2.45, 2.75) is 20.5 Å². The van der Waals surface area contributed by atoms with Gasteiger partial charge in [-0.2, -0.15) is 0 Å². The Bertz CT molecular complexity index is 1080. The third-order valence-corrected chi connectivity index (χ3v) is 6.11. The Hall–Kier alpha value is -2.78. The average Bonchev–Trinajstić information content (AvgIpc) is 3.01. The van der Waals surface area contributed by atoms with Crippen molar-refractivity contribution < 1.29 is 28.6 Å². The number of aryl methyl sites for hydroxylation is 1. The van der Waals surface area contributed by atoms with Gasteiger partial charge in [0.15, 0.2) is 11.5 Å². The number of nitrogens with zero attached hydrogens (tertiary/aromatic N) is 1. The summed E-state index contributed by atoms with van der Waals surface area (Å²) in [4.78, 5) is 37.6. The number of rotatable bonds is 8. The van der Waals surface area contributed by atoms with Gasteiger partial charge in [-0.25, -0.2) is 0 Å². The molecule has 2 aromatic carbocycles. The first-order valence-electron chi connectivity index (χ1n) is 9.79. The van der Waals surface area contributed by atoms with Crippen LogP contribution in [0.5, 0.6) is 11.5 Å². The molecule has 0 aromatic heterocycles. The quantitative estimate of drug-likeness (QED) is 0.360. The molecular weight excluding hydrogens is 498 g/mol. The SMILES string of the molecule is CCOC(=O)CN1C(=O)S/C(=C/c2cc(OC)c(OCc3cccc(C)c3)cc2Br)C1=O. The highest BCUT2D eigenvalue weighted by atomic mass is 79.9. The van der Waals surface area contributed by atoms with Gasteiger partial charge in [-0.15, -0.1) is 0 Å². The van der Waals surface area contributed by atoms with Crippen molar-refractivity contribution >= 4 is 50.9 Å². The lowest BCUT2D eigenvalue weighted by Crippen LogP contribution is -2.34. The number of halogens is 1. The van der Waals surface area contributed by atoms with E-state index in [1.54, 1.807) is 25.1 Å². The molecule has 1 heterocycles. The first-order chi connectivity index (χ1) is 15.3. The van der Waals surface area contributed by atoms with Crippen LogP contribution in [0.25, 0.3) is 6.08 Å². The monoisotopic (exact) mass is 519 g/mol. The van der Waals surface area contributed by atoms with Crippen molar-refractivity contribution in [2.75, 3.05) is 20.3 Å². The molecule has 0 radical (unpaired) electrons. The Morgan fingerprint density at radius 2 is 1.97 bits per heavy atom. The number of hydrogen-bond acceptors (Lipinski definition) is 7. The maximum absolute atomic E-state index is 12.6. The van der Waals surface area contributed by atoms with Crippen molar-refractivity contribution in [3.63, 3.8) is 0 Å². The second-order valence-electron chi connectivity index (χ2n) is 6.88. The number of amides is 2. The van der Waals surface area contributed by atoms with Gasteiger partial charge in [-0.05, 0) is 54.9 Å². The third kappa shape index (κ3) is 5.72. The van der Waals surface area contributed by atoms with Crippen molar-refractivity contribution in [1.29, 1.82) is 0 Å². The molecule has 0 bridgehead atoms. The third-order valence-electron chi connectivity index (χ3n) is 4.51. The van der Waals surface area contributed by atoms with Gasteiger partial charge in [0.25, 0.3) is 11.1 Å². The van der Waals surface area contributed by atoms with E-state index in [1.165, 1.54) is 7.11 Å². The van der Waals surface area contributed by atoms with E-state index < -0.39 is 23.7 Å². The fourth-order valence-electron chi connectivity index (χ4n) is 3.01. The van der Waals surface area contributed by atoms with Crippen LogP contribution in [0.1, 0.15) is 23.6 Å². The van der Waals surface area contributed by atoms with Crippen molar-refractivity contribution in [3.05, 3.63) is 62.5 Å². The second kappa shape index (κ2) is 10.7. The van der Waals surface area contributed by atoms with Gasteiger partial charge in [-0.3, -0.25) is 19.3 Å². The van der Waals surface area contributed by atoms with Crippen LogP contribution in [-0.2, 0) is 20.9 Å². The number of thioether (sulfide) groups is 1. The van der Waals surface area contributed by atoms with Gasteiger partial charge in [0.05, 0.1) is 18.6 Å². The number of carbonyl (C=O) groups is 3. The van der Waals surface area contributed by atoms with Gasteiger partial charge in [0, 0.05) is 4.47 Å². The number of imide groups is 1. The average molecular weight is 520 g/mol. The van der Waals surface area contributed by atoms with E-state index in [2.05, 4.69) is 15.9 Å². The lowest BCUT2D eigenvalue weighted by Gasteiger charge is -2.13. The molecule has 0 saturated carbocycles. The van der Waals surface area contributed by atoms with Crippen LogP contribution < -0.4 is 9.47 Å². The summed E-state index contributed by atoms with van der Waals surface area (Å²) in [6.45, 7) is 3.81. The first kappa shape index (κ1) is 23.9. The molecular formula is C23H22BrNO6S. The molecule has 0 aliphatic carbocycles. The van der Waals surface area contributed by atoms with E-state index in [0.29, 0.717) is 28.1 Å². The second-order valence-corrected chi connectivity index (χ2v) is 8.72. The maximum Gasteiger partial charge on any atom is 0.326 e. The van der Waals surface area contributed by atoms with E-state index in [1.807, 2.05) is 31.2 Å². The van der Waals surface area contributed by atoms with E-state index in [9.17, 15) is 14.4 Å². The highest BCUT2D eigenvalue weighted by Crippen LogP contribution is 2.38. The highest BCUT2D eigenvalue weighted by Gasteiger charge is 2.36. The summed E-state index contributed by atoms with van der Waals surface area (Å²) >= 11 is 4.26. The molecule has 3 rings (SSSR count). The van der Waals surface area contributed by atoms with Crippen LogP contribution in [0.4, 0.5) is 4.79 Å². The summed E-state index contributed by atoms with van der Waals surface area (Å²) in [5.41, 5.74) is 2.81. The molecule has 168 valence electrons. The number of carbonyl (C=O) groups excluding carboxylic acids is 3. The summed E-state index contributed by atoms with van der Waals surface area (Å²) in [6, 6.07) is 11.5. The predicted molar refractivity (Wildman–Crippen MR) is 126 cm³/mol. The lowest BCUT2D eigenvalue weighted by atomic mass is 10.1. The molecule has 7 nitrogen and oxygen atoms in total. The van der Waals surface area contributed by atoms with E-state index >= 15 is 0 Å². The number of benzene rings is 2. The molecule has 9 heteroatoms. The smallest absolute Gasteiger partial charge is 0.326 e. The van der Waals surface area contributed by atoms with E-state index in [-0.39, 0.29) is 11.5 Å². The Labute approximate surface area is 198 Å². The normalized spacial score (nSPS) is 14.8. The Balaban J connectivity index is 1.79. The molecule has 2 amide bonds. The molecule has 0 unspecified atom stereocenters. The molecule has 1 aliphatic rings. The molecule has 1 fully saturated rings. The summed E-state index contributed by atoms with van der Waals surface area (Å²) in [7, 11) is 1.53. The van der Waals surface area contributed by atoms with Crippen molar-refractivity contribution in [2.24, 2.45) is 0 Å². The lowest BCUT2D eigenvalue weighted by molar-refractivity contribution is -0.145. The molecule has 0 N–H and O–H groups in total. The van der Waals surface area contributed by atoms with E-state index in [4.69, 9.17) is 14.2 Å². The first-order valence-corrected chi connectivity index (χ1v) is 11.4. The van der Waals surface area contributed by atoms with Crippen LogP contribution in [0.3, 0.4) is 0 Å². The topological polar surface area (TPSA) is 82.1 Å². The minimum absolute atomic E-state index is 0.177. The summed E-state index contributed by atoms with van der Waals surface area (Å²) in [5, 5.41) is -0.518. The summed E-state index contributed by atoms with van der Waals surface area (Å²) in [5.74, 6) is -0.154. The fraction of sp³-hybridized carbons (Fsp3) is 0.261. The van der Waals surface area contributed by atoms with Crippen LogP contribution in [0.2, 0.25) is 0 Å².